The zero-order valence-electron chi connectivity index (χ0n) is 11.1. The Morgan fingerprint density at radius 1 is 1.05 bits per heavy atom. The Balaban J connectivity index is 1.97. The summed E-state index contributed by atoms with van der Waals surface area (Å²) in [6.45, 7) is 0. The van der Waals surface area contributed by atoms with Crippen LogP contribution in [0.15, 0.2) is 0 Å². The lowest BCUT2D eigenvalue weighted by molar-refractivity contribution is -0.149. The molecule has 0 heterocycles. The Labute approximate surface area is 118 Å². The Morgan fingerprint density at radius 2 is 1.58 bits per heavy atom. The third-order valence-electron chi connectivity index (χ3n) is 4.62. The SMILES string of the molecule is O=C(O)CCSCC1(C(=O)O)CC2CCC(CC2)C1. The minimum absolute atomic E-state index is 0.118. The Morgan fingerprint density at radius 3 is 2.00 bits per heavy atom. The van der Waals surface area contributed by atoms with E-state index in [1.807, 2.05) is 0 Å². The maximum atomic E-state index is 11.7. The van der Waals surface area contributed by atoms with E-state index in [1.165, 1.54) is 37.4 Å². The molecule has 2 N–H and O–H groups in total. The zero-order valence-corrected chi connectivity index (χ0v) is 12.0. The largest absolute Gasteiger partial charge is 0.481 e. The van der Waals surface area contributed by atoms with Crippen molar-refractivity contribution in [2.45, 2.75) is 44.9 Å². The van der Waals surface area contributed by atoms with Crippen molar-refractivity contribution in [3.63, 3.8) is 0 Å². The molecule has 108 valence electrons. The van der Waals surface area contributed by atoms with Crippen LogP contribution in [0.5, 0.6) is 0 Å². The highest BCUT2D eigenvalue weighted by Crippen LogP contribution is 2.49. The molecule has 0 radical (unpaired) electrons. The van der Waals surface area contributed by atoms with Gasteiger partial charge in [-0.05, 0) is 24.7 Å². The number of carbonyl (C=O) groups is 2. The molecule has 3 saturated carbocycles. The number of carboxylic acid groups (broad SMARTS) is 2. The van der Waals surface area contributed by atoms with Crippen LogP contribution in [0, 0.1) is 17.3 Å². The standard InChI is InChI=1S/C14H22O4S/c15-12(16)5-6-19-9-14(13(17)18)7-10-1-2-11(8-14)4-3-10/h10-11H,1-9H2,(H,15,16)(H,17,18). The molecule has 0 spiro atoms. The summed E-state index contributed by atoms with van der Waals surface area (Å²) in [5, 5.41) is 18.3. The maximum absolute atomic E-state index is 11.7. The van der Waals surface area contributed by atoms with Crippen molar-refractivity contribution in [2.75, 3.05) is 11.5 Å². The Hall–Kier alpha value is -0.710. The van der Waals surface area contributed by atoms with Crippen LogP contribution >= 0.6 is 11.8 Å². The van der Waals surface area contributed by atoms with Gasteiger partial charge in [0.15, 0.2) is 0 Å². The summed E-state index contributed by atoms with van der Waals surface area (Å²) in [6, 6.07) is 0. The monoisotopic (exact) mass is 286 g/mol. The molecule has 3 aliphatic rings. The first-order valence-corrected chi connectivity index (χ1v) is 8.20. The summed E-state index contributed by atoms with van der Waals surface area (Å²) in [6.07, 6.45) is 6.42. The van der Waals surface area contributed by atoms with Gasteiger partial charge in [0.2, 0.25) is 0 Å². The molecule has 0 aromatic carbocycles. The van der Waals surface area contributed by atoms with Crippen LogP contribution < -0.4 is 0 Å². The molecule has 0 atom stereocenters. The van der Waals surface area contributed by atoms with Crippen molar-refractivity contribution in [2.24, 2.45) is 17.3 Å². The zero-order chi connectivity index (χ0) is 13.9. The molecule has 0 saturated heterocycles. The van der Waals surface area contributed by atoms with E-state index in [-0.39, 0.29) is 6.42 Å². The van der Waals surface area contributed by atoms with Gasteiger partial charge in [-0.2, -0.15) is 11.8 Å². The predicted octanol–water partition coefficient (Wildman–Crippen LogP) is 2.87. The van der Waals surface area contributed by atoms with Crippen LogP contribution in [0.4, 0.5) is 0 Å². The molecule has 0 amide bonds. The summed E-state index contributed by atoms with van der Waals surface area (Å²) in [5.41, 5.74) is -0.606. The lowest BCUT2D eigenvalue weighted by Gasteiger charge is -2.29. The van der Waals surface area contributed by atoms with Crippen molar-refractivity contribution in [3.8, 4) is 0 Å². The van der Waals surface area contributed by atoms with Crippen LogP contribution in [0.1, 0.15) is 44.9 Å². The van der Waals surface area contributed by atoms with E-state index in [0.29, 0.717) is 23.3 Å². The molecule has 2 bridgehead atoms. The summed E-state index contributed by atoms with van der Waals surface area (Å²) in [4.78, 5) is 22.2. The quantitative estimate of drug-likeness (QED) is 0.734. The van der Waals surface area contributed by atoms with Gasteiger partial charge in [0.1, 0.15) is 0 Å². The van der Waals surface area contributed by atoms with E-state index in [0.717, 1.165) is 12.8 Å². The summed E-state index contributed by atoms with van der Waals surface area (Å²) in [7, 11) is 0. The highest BCUT2D eigenvalue weighted by molar-refractivity contribution is 7.99. The average Bonchev–Trinajstić information content (AvgIpc) is 2.64. The molecule has 19 heavy (non-hydrogen) atoms. The second-order valence-electron chi connectivity index (χ2n) is 6.08. The molecule has 0 aromatic heterocycles. The van der Waals surface area contributed by atoms with Gasteiger partial charge in [-0.25, -0.2) is 0 Å². The topological polar surface area (TPSA) is 74.6 Å². The van der Waals surface area contributed by atoms with Crippen LogP contribution in [0.2, 0.25) is 0 Å². The first-order chi connectivity index (χ1) is 9.02. The van der Waals surface area contributed by atoms with Crippen molar-refractivity contribution in [1.82, 2.24) is 0 Å². The molecule has 3 rings (SSSR count). The van der Waals surface area contributed by atoms with Gasteiger partial charge in [0, 0.05) is 11.5 Å². The number of aliphatic carboxylic acids is 2. The smallest absolute Gasteiger partial charge is 0.310 e. The molecule has 0 aromatic rings. The number of hydrogen-bond donors (Lipinski definition) is 2. The highest BCUT2D eigenvalue weighted by Gasteiger charge is 2.46. The van der Waals surface area contributed by atoms with Crippen LogP contribution in [0.3, 0.4) is 0 Å². The molecule has 5 heteroatoms. The van der Waals surface area contributed by atoms with E-state index < -0.39 is 17.4 Å². The second kappa shape index (κ2) is 6.16. The van der Waals surface area contributed by atoms with E-state index in [2.05, 4.69) is 0 Å². The van der Waals surface area contributed by atoms with E-state index in [9.17, 15) is 14.7 Å². The molecule has 0 unspecified atom stereocenters. The van der Waals surface area contributed by atoms with Crippen LogP contribution in [0.25, 0.3) is 0 Å². The normalized spacial score (nSPS) is 33.9. The van der Waals surface area contributed by atoms with E-state index in [1.54, 1.807) is 0 Å². The Kier molecular flexibility index (Phi) is 4.76. The number of hydrogen-bond acceptors (Lipinski definition) is 3. The van der Waals surface area contributed by atoms with Crippen LogP contribution in [-0.4, -0.2) is 33.7 Å². The van der Waals surface area contributed by atoms with Crippen molar-refractivity contribution >= 4 is 23.7 Å². The predicted molar refractivity (Wildman–Crippen MR) is 74.3 cm³/mol. The molecule has 0 aliphatic heterocycles. The molecule has 4 nitrogen and oxygen atoms in total. The van der Waals surface area contributed by atoms with Crippen molar-refractivity contribution in [3.05, 3.63) is 0 Å². The maximum Gasteiger partial charge on any atom is 0.310 e. The molecule has 3 aliphatic carbocycles. The minimum Gasteiger partial charge on any atom is -0.481 e. The van der Waals surface area contributed by atoms with Gasteiger partial charge in [-0.15, -0.1) is 0 Å². The fourth-order valence-electron chi connectivity index (χ4n) is 3.61. The van der Waals surface area contributed by atoms with Gasteiger partial charge < -0.3 is 10.2 Å². The third-order valence-corrected chi connectivity index (χ3v) is 5.87. The van der Waals surface area contributed by atoms with E-state index >= 15 is 0 Å². The first-order valence-electron chi connectivity index (χ1n) is 7.05. The third kappa shape index (κ3) is 3.65. The molecular formula is C14H22O4S. The van der Waals surface area contributed by atoms with Gasteiger partial charge in [-0.3, -0.25) is 9.59 Å². The number of fused-ring (bicyclic) bond motifs is 4. The molecule has 3 fully saturated rings. The summed E-state index contributed by atoms with van der Waals surface area (Å²) < 4.78 is 0. The first kappa shape index (κ1) is 14.7. The second-order valence-corrected chi connectivity index (χ2v) is 7.18. The summed E-state index contributed by atoms with van der Waals surface area (Å²) >= 11 is 1.49. The minimum atomic E-state index is -0.808. The van der Waals surface area contributed by atoms with Crippen molar-refractivity contribution < 1.29 is 19.8 Å². The fraction of sp³-hybridized carbons (Fsp3) is 0.857. The number of thioether (sulfide) groups is 1. The highest BCUT2D eigenvalue weighted by atomic mass is 32.2. The Bertz CT molecular complexity index is 333. The fourth-order valence-corrected chi connectivity index (χ4v) is 4.82. The van der Waals surface area contributed by atoms with Gasteiger partial charge in [0.25, 0.3) is 0 Å². The number of rotatable bonds is 6. The molecular weight excluding hydrogens is 264 g/mol. The summed E-state index contributed by atoms with van der Waals surface area (Å²) in [5.74, 6) is 0.735. The lowest BCUT2D eigenvalue weighted by Crippen LogP contribution is -2.35. The number of carboxylic acids is 2. The van der Waals surface area contributed by atoms with Gasteiger partial charge in [-0.1, -0.05) is 25.7 Å². The van der Waals surface area contributed by atoms with Gasteiger partial charge >= 0.3 is 11.9 Å². The lowest BCUT2D eigenvalue weighted by atomic mass is 9.79. The van der Waals surface area contributed by atoms with E-state index in [4.69, 9.17) is 5.11 Å². The van der Waals surface area contributed by atoms with Crippen LogP contribution in [-0.2, 0) is 9.59 Å². The van der Waals surface area contributed by atoms with Crippen molar-refractivity contribution in [1.29, 1.82) is 0 Å². The van der Waals surface area contributed by atoms with Gasteiger partial charge in [0.05, 0.1) is 11.8 Å². The average molecular weight is 286 g/mol.